The normalized spacial score (nSPS) is 15.4. The number of para-hydroxylation sites is 2. The topological polar surface area (TPSA) is 50.8 Å². The van der Waals surface area contributed by atoms with Gasteiger partial charge in [-0.1, -0.05) is 12.1 Å². The number of morpholine rings is 1. The number of nitrogens with zero attached hydrogens (tertiary/aromatic N) is 1. The summed E-state index contributed by atoms with van der Waals surface area (Å²) in [5.41, 5.74) is 0.702. The summed E-state index contributed by atoms with van der Waals surface area (Å²) in [6, 6.07) is 7.36. The van der Waals surface area contributed by atoms with Gasteiger partial charge < -0.3 is 19.7 Å². The summed E-state index contributed by atoms with van der Waals surface area (Å²) in [7, 11) is 0. The van der Waals surface area contributed by atoms with Gasteiger partial charge in [0.2, 0.25) is 0 Å². The van der Waals surface area contributed by atoms with Crippen molar-refractivity contribution < 1.29 is 14.3 Å². The molecule has 104 valence electrons. The lowest BCUT2D eigenvalue weighted by atomic mass is 10.3. The van der Waals surface area contributed by atoms with Gasteiger partial charge in [-0.2, -0.15) is 0 Å². The third kappa shape index (κ3) is 3.86. The van der Waals surface area contributed by atoms with Crippen molar-refractivity contribution >= 4 is 11.7 Å². The molecule has 1 aliphatic rings. The van der Waals surface area contributed by atoms with Crippen LogP contribution < -0.4 is 10.1 Å². The smallest absolute Gasteiger partial charge is 0.322 e. The molecule has 0 unspecified atom stereocenters. The maximum absolute atomic E-state index is 12.1. The lowest BCUT2D eigenvalue weighted by molar-refractivity contribution is 0.0564. The Labute approximate surface area is 113 Å². The molecule has 5 heteroatoms. The van der Waals surface area contributed by atoms with E-state index in [9.17, 15) is 4.79 Å². The molecule has 2 amide bonds. The Morgan fingerprint density at radius 2 is 2.00 bits per heavy atom. The van der Waals surface area contributed by atoms with Crippen LogP contribution in [0.3, 0.4) is 0 Å². The number of urea groups is 1. The first-order valence-corrected chi connectivity index (χ1v) is 6.56. The maximum atomic E-state index is 12.1. The van der Waals surface area contributed by atoms with E-state index in [4.69, 9.17) is 9.47 Å². The predicted molar refractivity (Wildman–Crippen MR) is 73.6 cm³/mol. The van der Waals surface area contributed by atoms with E-state index in [0.29, 0.717) is 37.7 Å². The van der Waals surface area contributed by atoms with Gasteiger partial charge in [0.15, 0.2) is 0 Å². The van der Waals surface area contributed by atoms with Gasteiger partial charge in [0.25, 0.3) is 0 Å². The second-order valence-corrected chi connectivity index (χ2v) is 4.69. The van der Waals surface area contributed by atoms with Crippen LogP contribution in [0, 0.1) is 0 Å². The number of anilines is 1. The van der Waals surface area contributed by atoms with Crippen LogP contribution in [0.4, 0.5) is 10.5 Å². The van der Waals surface area contributed by atoms with Crippen molar-refractivity contribution in [1.29, 1.82) is 0 Å². The molecule has 1 aromatic rings. The number of hydrogen-bond acceptors (Lipinski definition) is 3. The van der Waals surface area contributed by atoms with Gasteiger partial charge in [-0.25, -0.2) is 4.79 Å². The lowest BCUT2D eigenvalue weighted by Crippen LogP contribution is -2.43. The van der Waals surface area contributed by atoms with Gasteiger partial charge in [0.1, 0.15) is 5.75 Å². The van der Waals surface area contributed by atoms with Crippen LogP contribution in [-0.2, 0) is 4.74 Å². The number of nitrogens with one attached hydrogen (secondary N) is 1. The Morgan fingerprint density at radius 1 is 1.32 bits per heavy atom. The highest BCUT2D eigenvalue weighted by Gasteiger charge is 2.18. The molecular formula is C14H20N2O3. The lowest BCUT2D eigenvalue weighted by Gasteiger charge is -2.27. The highest BCUT2D eigenvalue weighted by molar-refractivity contribution is 5.91. The summed E-state index contributed by atoms with van der Waals surface area (Å²) in [4.78, 5) is 13.9. The van der Waals surface area contributed by atoms with Crippen LogP contribution in [0.2, 0.25) is 0 Å². The summed E-state index contributed by atoms with van der Waals surface area (Å²) < 4.78 is 10.9. The van der Waals surface area contributed by atoms with E-state index in [1.807, 2.05) is 38.1 Å². The monoisotopic (exact) mass is 264 g/mol. The molecular weight excluding hydrogens is 244 g/mol. The van der Waals surface area contributed by atoms with Crippen LogP contribution in [-0.4, -0.2) is 43.3 Å². The first kappa shape index (κ1) is 13.7. The zero-order valence-electron chi connectivity index (χ0n) is 11.4. The SMILES string of the molecule is CC(C)Oc1ccccc1NC(=O)N1CCOCC1. The predicted octanol–water partition coefficient (Wildman–Crippen LogP) is 2.34. The van der Waals surface area contributed by atoms with Gasteiger partial charge in [-0.3, -0.25) is 0 Å². The molecule has 1 aromatic carbocycles. The Balaban J connectivity index is 2.03. The Morgan fingerprint density at radius 3 is 2.68 bits per heavy atom. The first-order valence-electron chi connectivity index (χ1n) is 6.56. The molecule has 1 saturated heterocycles. The molecule has 0 saturated carbocycles. The molecule has 1 aliphatic heterocycles. The number of rotatable bonds is 3. The minimum atomic E-state index is -0.108. The third-order valence-corrected chi connectivity index (χ3v) is 2.79. The highest BCUT2D eigenvalue weighted by Crippen LogP contribution is 2.25. The molecule has 0 spiro atoms. The summed E-state index contributed by atoms with van der Waals surface area (Å²) in [5, 5.41) is 2.89. The Kier molecular flexibility index (Phi) is 4.63. The van der Waals surface area contributed by atoms with Gasteiger partial charge in [-0.15, -0.1) is 0 Å². The molecule has 0 radical (unpaired) electrons. The maximum Gasteiger partial charge on any atom is 0.322 e. The van der Waals surface area contributed by atoms with Crippen LogP contribution in [0.25, 0.3) is 0 Å². The average Bonchev–Trinajstić information content (AvgIpc) is 2.41. The van der Waals surface area contributed by atoms with E-state index in [0.717, 1.165) is 0 Å². The molecule has 19 heavy (non-hydrogen) atoms. The zero-order chi connectivity index (χ0) is 13.7. The fraction of sp³-hybridized carbons (Fsp3) is 0.500. The summed E-state index contributed by atoms with van der Waals surface area (Å²) in [6.07, 6.45) is 0.0708. The number of benzene rings is 1. The standard InChI is InChI=1S/C14H20N2O3/c1-11(2)19-13-6-4-3-5-12(13)15-14(17)16-7-9-18-10-8-16/h3-6,11H,7-10H2,1-2H3,(H,15,17). The van der Waals surface area contributed by atoms with Gasteiger partial charge >= 0.3 is 6.03 Å². The molecule has 0 aliphatic carbocycles. The summed E-state index contributed by atoms with van der Waals surface area (Å²) in [5.74, 6) is 0.694. The summed E-state index contributed by atoms with van der Waals surface area (Å²) >= 11 is 0. The Bertz CT molecular complexity index is 428. The molecule has 0 bridgehead atoms. The molecule has 0 aromatic heterocycles. The van der Waals surface area contributed by atoms with E-state index in [2.05, 4.69) is 5.32 Å². The number of amides is 2. The Hall–Kier alpha value is -1.75. The van der Waals surface area contributed by atoms with E-state index < -0.39 is 0 Å². The molecule has 1 heterocycles. The zero-order valence-corrected chi connectivity index (χ0v) is 11.4. The van der Waals surface area contributed by atoms with Crippen molar-refractivity contribution in [3.8, 4) is 5.75 Å². The van der Waals surface area contributed by atoms with E-state index in [1.54, 1.807) is 4.90 Å². The molecule has 2 rings (SSSR count). The van der Waals surface area contributed by atoms with E-state index >= 15 is 0 Å². The van der Waals surface area contributed by atoms with E-state index in [-0.39, 0.29) is 12.1 Å². The van der Waals surface area contributed by atoms with Crippen molar-refractivity contribution in [3.63, 3.8) is 0 Å². The average molecular weight is 264 g/mol. The quantitative estimate of drug-likeness (QED) is 0.911. The number of carbonyl (C=O) groups is 1. The minimum Gasteiger partial charge on any atom is -0.489 e. The highest BCUT2D eigenvalue weighted by atomic mass is 16.5. The molecule has 1 N–H and O–H groups in total. The van der Waals surface area contributed by atoms with Crippen molar-refractivity contribution in [2.75, 3.05) is 31.6 Å². The van der Waals surface area contributed by atoms with Gasteiger partial charge in [-0.05, 0) is 26.0 Å². The minimum absolute atomic E-state index is 0.0708. The fourth-order valence-corrected chi connectivity index (χ4v) is 1.89. The fourth-order valence-electron chi connectivity index (χ4n) is 1.89. The van der Waals surface area contributed by atoms with Crippen molar-refractivity contribution in [1.82, 2.24) is 4.90 Å². The molecule has 1 fully saturated rings. The number of ether oxygens (including phenoxy) is 2. The first-order chi connectivity index (χ1) is 9.16. The second kappa shape index (κ2) is 6.43. The van der Waals surface area contributed by atoms with Crippen LogP contribution in [0.15, 0.2) is 24.3 Å². The molecule has 0 atom stereocenters. The van der Waals surface area contributed by atoms with Crippen LogP contribution >= 0.6 is 0 Å². The van der Waals surface area contributed by atoms with E-state index in [1.165, 1.54) is 0 Å². The van der Waals surface area contributed by atoms with Crippen molar-refractivity contribution in [3.05, 3.63) is 24.3 Å². The number of hydrogen-bond donors (Lipinski definition) is 1. The van der Waals surface area contributed by atoms with Crippen molar-refractivity contribution in [2.24, 2.45) is 0 Å². The van der Waals surface area contributed by atoms with Crippen LogP contribution in [0.1, 0.15) is 13.8 Å². The van der Waals surface area contributed by atoms with Gasteiger partial charge in [0, 0.05) is 13.1 Å². The van der Waals surface area contributed by atoms with Gasteiger partial charge in [0.05, 0.1) is 25.0 Å². The largest absolute Gasteiger partial charge is 0.489 e. The second-order valence-electron chi connectivity index (χ2n) is 4.69. The molecule has 5 nitrogen and oxygen atoms in total. The van der Waals surface area contributed by atoms with Crippen LogP contribution in [0.5, 0.6) is 5.75 Å². The number of carbonyl (C=O) groups excluding carboxylic acids is 1. The third-order valence-electron chi connectivity index (χ3n) is 2.79. The van der Waals surface area contributed by atoms with Crippen molar-refractivity contribution in [2.45, 2.75) is 20.0 Å². The summed E-state index contributed by atoms with van der Waals surface area (Å²) in [6.45, 7) is 6.36.